The van der Waals surface area contributed by atoms with Crippen molar-refractivity contribution in [1.82, 2.24) is 9.71 Å². The van der Waals surface area contributed by atoms with Crippen LogP contribution in [-0.4, -0.2) is 26.0 Å². The molecule has 0 spiro atoms. The second-order valence-corrected chi connectivity index (χ2v) is 7.88. The van der Waals surface area contributed by atoms with Gasteiger partial charge in [-0.05, 0) is 30.9 Å². The Kier molecular flexibility index (Phi) is 6.57. The molecule has 0 amide bonds. The number of nitrogens with zero attached hydrogens (tertiary/aromatic N) is 1. The van der Waals surface area contributed by atoms with Crippen LogP contribution in [0.5, 0.6) is 0 Å². The number of nitrogens with two attached hydrogens (primary N) is 1. The van der Waals surface area contributed by atoms with Gasteiger partial charge in [0.15, 0.2) is 0 Å². The van der Waals surface area contributed by atoms with Gasteiger partial charge < -0.3 is 5.73 Å². The van der Waals surface area contributed by atoms with Gasteiger partial charge in [0.05, 0.1) is 5.52 Å². The molecule has 0 aliphatic heterocycles. The predicted molar refractivity (Wildman–Crippen MR) is 98.7 cm³/mol. The number of benzene rings is 1. The summed E-state index contributed by atoms with van der Waals surface area (Å²) in [7, 11) is -3.64. The van der Waals surface area contributed by atoms with Crippen LogP contribution in [-0.2, 0) is 10.0 Å². The molecule has 1 aliphatic carbocycles. The summed E-state index contributed by atoms with van der Waals surface area (Å²) in [5.74, 6) is 0.325. The molecule has 1 fully saturated rings. The lowest BCUT2D eigenvalue weighted by Crippen LogP contribution is -2.45. The van der Waals surface area contributed by atoms with E-state index in [1.54, 1.807) is 24.4 Å². The maximum absolute atomic E-state index is 12.9. The number of aromatic nitrogens is 1. The van der Waals surface area contributed by atoms with E-state index in [-0.39, 0.29) is 23.3 Å². The number of nitrogens with one attached hydrogen (secondary N) is 1. The molecular formula is C17H24ClN3O2S. The number of hydrogen-bond donors (Lipinski definition) is 2. The summed E-state index contributed by atoms with van der Waals surface area (Å²) in [6.45, 7) is 0.322. The van der Waals surface area contributed by atoms with Crippen LogP contribution in [0, 0.1) is 5.92 Å². The predicted octanol–water partition coefficient (Wildman–Crippen LogP) is 2.84. The zero-order valence-electron chi connectivity index (χ0n) is 13.5. The molecule has 1 aromatic carbocycles. The maximum atomic E-state index is 12.9. The first-order chi connectivity index (χ1) is 11.1. The Bertz CT molecular complexity index is 771. The monoisotopic (exact) mass is 369 g/mol. The molecule has 7 heteroatoms. The van der Waals surface area contributed by atoms with Gasteiger partial charge in [-0.2, -0.15) is 0 Å². The zero-order valence-corrected chi connectivity index (χ0v) is 15.2. The first-order valence-electron chi connectivity index (χ1n) is 8.18. The average molecular weight is 370 g/mol. The maximum Gasteiger partial charge on any atom is 0.243 e. The van der Waals surface area contributed by atoms with Crippen LogP contribution in [0.1, 0.15) is 32.1 Å². The Balaban J connectivity index is 0.00000208. The van der Waals surface area contributed by atoms with Crippen LogP contribution in [0.25, 0.3) is 10.9 Å². The van der Waals surface area contributed by atoms with Crippen molar-refractivity contribution in [2.24, 2.45) is 11.7 Å². The SMILES string of the molecule is Cl.NCC(NS(=O)(=O)c1cccc2cccnc12)C1CCCCC1. The summed E-state index contributed by atoms with van der Waals surface area (Å²) in [6, 6.07) is 8.67. The molecule has 0 radical (unpaired) electrons. The summed E-state index contributed by atoms with van der Waals surface area (Å²) < 4.78 is 28.5. The highest BCUT2D eigenvalue weighted by molar-refractivity contribution is 7.89. The highest BCUT2D eigenvalue weighted by Crippen LogP contribution is 2.28. The Morgan fingerprint density at radius 2 is 1.88 bits per heavy atom. The molecular weight excluding hydrogens is 346 g/mol. The summed E-state index contributed by atoms with van der Waals surface area (Å²) in [5.41, 5.74) is 6.36. The van der Waals surface area contributed by atoms with Crippen molar-refractivity contribution in [2.75, 3.05) is 6.54 Å². The van der Waals surface area contributed by atoms with E-state index in [0.717, 1.165) is 31.1 Å². The summed E-state index contributed by atoms with van der Waals surface area (Å²) in [6.07, 6.45) is 7.23. The van der Waals surface area contributed by atoms with E-state index in [2.05, 4.69) is 9.71 Å². The van der Waals surface area contributed by atoms with Gasteiger partial charge in [-0.1, -0.05) is 37.5 Å². The van der Waals surface area contributed by atoms with Gasteiger partial charge in [0, 0.05) is 24.2 Å². The number of halogens is 1. The van der Waals surface area contributed by atoms with Crippen molar-refractivity contribution in [3.8, 4) is 0 Å². The third-order valence-electron chi connectivity index (χ3n) is 4.66. The Morgan fingerprint density at radius 1 is 1.17 bits per heavy atom. The minimum Gasteiger partial charge on any atom is -0.329 e. The number of para-hydroxylation sites is 1. The Hall–Kier alpha value is -1.21. The van der Waals surface area contributed by atoms with Crippen molar-refractivity contribution >= 4 is 33.3 Å². The van der Waals surface area contributed by atoms with Gasteiger partial charge in [-0.25, -0.2) is 13.1 Å². The molecule has 0 saturated heterocycles. The van der Waals surface area contributed by atoms with Crippen molar-refractivity contribution in [1.29, 1.82) is 0 Å². The van der Waals surface area contributed by atoms with Gasteiger partial charge in [-0.15, -0.1) is 12.4 Å². The lowest BCUT2D eigenvalue weighted by molar-refractivity contribution is 0.294. The molecule has 3 N–H and O–H groups in total. The zero-order chi connectivity index (χ0) is 16.3. The van der Waals surface area contributed by atoms with Crippen LogP contribution >= 0.6 is 12.4 Å². The molecule has 132 valence electrons. The van der Waals surface area contributed by atoms with Crippen LogP contribution in [0.15, 0.2) is 41.4 Å². The molecule has 24 heavy (non-hydrogen) atoms. The van der Waals surface area contributed by atoms with Crippen molar-refractivity contribution in [3.63, 3.8) is 0 Å². The molecule has 1 unspecified atom stereocenters. The third kappa shape index (κ3) is 4.06. The van der Waals surface area contributed by atoms with E-state index in [0.29, 0.717) is 18.0 Å². The third-order valence-corrected chi connectivity index (χ3v) is 6.19. The standard InChI is InChI=1S/C17H23N3O2S.ClH/c18-12-15(13-6-2-1-3-7-13)20-23(21,22)16-10-4-8-14-9-5-11-19-17(14)16;/h4-5,8-11,13,15,20H,1-3,6-7,12,18H2;1H. The molecule has 1 aliphatic rings. The average Bonchev–Trinajstić information content (AvgIpc) is 2.60. The molecule has 0 bridgehead atoms. The fraction of sp³-hybridized carbons (Fsp3) is 0.471. The minimum absolute atomic E-state index is 0. The quantitative estimate of drug-likeness (QED) is 0.848. The Morgan fingerprint density at radius 3 is 2.58 bits per heavy atom. The molecule has 1 atom stereocenters. The van der Waals surface area contributed by atoms with Crippen LogP contribution in [0.4, 0.5) is 0 Å². The number of fused-ring (bicyclic) bond motifs is 1. The van der Waals surface area contributed by atoms with E-state index in [9.17, 15) is 8.42 Å². The number of sulfonamides is 1. The summed E-state index contributed by atoms with van der Waals surface area (Å²) in [4.78, 5) is 4.47. The van der Waals surface area contributed by atoms with Crippen molar-refractivity contribution in [2.45, 2.75) is 43.0 Å². The fourth-order valence-corrected chi connectivity index (χ4v) is 4.93. The minimum atomic E-state index is -3.64. The van der Waals surface area contributed by atoms with E-state index in [1.807, 2.05) is 12.1 Å². The second kappa shape index (κ2) is 8.25. The smallest absolute Gasteiger partial charge is 0.243 e. The molecule has 1 aromatic heterocycles. The van der Waals surface area contributed by atoms with Gasteiger partial charge in [-0.3, -0.25) is 4.98 Å². The van der Waals surface area contributed by atoms with E-state index >= 15 is 0 Å². The first-order valence-corrected chi connectivity index (χ1v) is 9.66. The lowest BCUT2D eigenvalue weighted by Gasteiger charge is -2.29. The van der Waals surface area contributed by atoms with E-state index in [1.165, 1.54) is 6.42 Å². The van der Waals surface area contributed by atoms with Gasteiger partial charge in [0.25, 0.3) is 0 Å². The van der Waals surface area contributed by atoms with Gasteiger partial charge in [0.2, 0.25) is 10.0 Å². The highest BCUT2D eigenvalue weighted by atomic mass is 35.5. The van der Waals surface area contributed by atoms with Crippen LogP contribution < -0.4 is 10.5 Å². The highest BCUT2D eigenvalue weighted by Gasteiger charge is 2.28. The summed E-state index contributed by atoms with van der Waals surface area (Å²) in [5, 5.41) is 0.817. The first kappa shape index (κ1) is 19.1. The number of hydrogen-bond acceptors (Lipinski definition) is 4. The van der Waals surface area contributed by atoms with Crippen LogP contribution in [0.3, 0.4) is 0 Å². The van der Waals surface area contributed by atoms with Crippen LogP contribution in [0.2, 0.25) is 0 Å². The molecule has 2 aromatic rings. The molecule has 1 heterocycles. The van der Waals surface area contributed by atoms with Gasteiger partial charge in [0.1, 0.15) is 4.90 Å². The van der Waals surface area contributed by atoms with Crippen molar-refractivity contribution < 1.29 is 8.42 Å². The second-order valence-electron chi connectivity index (χ2n) is 6.19. The molecule has 1 saturated carbocycles. The fourth-order valence-electron chi connectivity index (χ4n) is 3.43. The van der Waals surface area contributed by atoms with Crippen molar-refractivity contribution in [3.05, 3.63) is 36.5 Å². The van der Waals surface area contributed by atoms with E-state index in [4.69, 9.17) is 5.73 Å². The Labute approximate surface area is 149 Å². The topological polar surface area (TPSA) is 85.1 Å². The summed E-state index contributed by atoms with van der Waals surface area (Å²) >= 11 is 0. The number of rotatable bonds is 5. The molecule has 5 nitrogen and oxygen atoms in total. The molecule has 3 rings (SSSR count). The van der Waals surface area contributed by atoms with Gasteiger partial charge >= 0.3 is 0 Å². The number of pyridine rings is 1. The largest absolute Gasteiger partial charge is 0.329 e. The lowest BCUT2D eigenvalue weighted by atomic mass is 9.84. The van der Waals surface area contributed by atoms with E-state index < -0.39 is 10.0 Å². The normalized spacial score (nSPS) is 17.4.